The standard InChI is InChI=1S/C29H25N3S/c1-18-27(19-10-6-5-7-11-19)33-32-24-14-15-30-25(26(24)31-28(18)32)21-16-20-12-8-9-13-22(20)23(17-21)29(2,3)4/h5-17H,1-4H3. The van der Waals surface area contributed by atoms with Gasteiger partial charge in [0.2, 0.25) is 0 Å². The summed E-state index contributed by atoms with van der Waals surface area (Å²) in [5.74, 6) is 0. The Hall–Kier alpha value is -3.50. The first-order valence-electron chi connectivity index (χ1n) is 11.3. The second-order valence-electron chi connectivity index (χ2n) is 9.66. The van der Waals surface area contributed by atoms with Crippen LogP contribution in [-0.4, -0.2) is 13.8 Å². The van der Waals surface area contributed by atoms with Gasteiger partial charge in [-0.1, -0.05) is 86.9 Å². The molecule has 0 atom stereocenters. The second-order valence-corrected chi connectivity index (χ2v) is 10.6. The minimum absolute atomic E-state index is 0.0270. The van der Waals surface area contributed by atoms with Crippen LogP contribution in [-0.2, 0) is 5.41 Å². The molecule has 6 rings (SSSR count). The highest BCUT2D eigenvalue weighted by atomic mass is 32.1. The molecule has 0 unspecified atom stereocenters. The molecular formula is C29H25N3S. The minimum Gasteiger partial charge on any atom is -0.254 e. The maximum atomic E-state index is 5.12. The number of aryl methyl sites for hydroxylation is 1. The van der Waals surface area contributed by atoms with Gasteiger partial charge in [-0.2, -0.15) is 0 Å². The second kappa shape index (κ2) is 7.26. The Morgan fingerprint density at radius 2 is 1.61 bits per heavy atom. The lowest BCUT2D eigenvalue weighted by molar-refractivity contribution is 0.596. The van der Waals surface area contributed by atoms with Gasteiger partial charge in [0, 0.05) is 17.3 Å². The predicted octanol–water partition coefficient (Wildman–Crippen LogP) is 8.04. The van der Waals surface area contributed by atoms with Crippen molar-refractivity contribution in [3.05, 3.63) is 90.1 Å². The summed E-state index contributed by atoms with van der Waals surface area (Å²) in [6.07, 6.45) is 1.91. The van der Waals surface area contributed by atoms with Crippen LogP contribution in [0.1, 0.15) is 31.9 Å². The van der Waals surface area contributed by atoms with Crippen LogP contribution in [0, 0.1) is 6.92 Å². The molecule has 3 heterocycles. The summed E-state index contributed by atoms with van der Waals surface area (Å²) in [7, 11) is 0. The third-order valence-corrected chi connectivity index (χ3v) is 7.65. The molecule has 6 aromatic rings. The molecule has 33 heavy (non-hydrogen) atoms. The van der Waals surface area contributed by atoms with Crippen LogP contribution in [0.25, 0.3) is 49.2 Å². The van der Waals surface area contributed by atoms with E-state index in [1.54, 1.807) is 11.5 Å². The van der Waals surface area contributed by atoms with Gasteiger partial charge in [0.25, 0.3) is 0 Å². The van der Waals surface area contributed by atoms with E-state index in [4.69, 9.17) is 9.97 Å². The molecule has 0 N–H and O–H groups in total. The first kappa shape index (κ1) is 20.1. The molecule has 0 saturated carbocycles. The lowest BCUT2D eigenvalue weighted by atomic mass is 9.82. The highest BCUT2D eigenvalue weighted by molar-refractivity contribution is 7.11. The Bertz CT molecular complexity index is 1650. The minimum atomic E-state index is 0.0270. The zero-order valence-electron chi connectivity index (χ0n) is 19.3. The molecule has 3 aromatic heterocycles. The summed E-state index contributed by atoms with van der Waals surface area (Å²) < 4.78 is 2.25. The fourth-order valence-corrected chi connectivity index (χ4v) is 5.87. The van der Waals surface area contributed by atoms with Gasteiger partial charge < -0.3 is 0 Å². The number of pyridine rings is 1. The van der Waals surface area contributed by atoms with E-state index < -0.39 is 0 Å². The van der Waals surface area contributed by atoms with Gasteiger partial charge in [0.1, 0.15) is 5.52 Å². The van der Waals surface area contributed by atoms with Crippen molar-refractivity contribution in [2.45, 2.75) is 33.1 Å². The van der Waals surface area contributed by atoms with Crippen LogP contribution >= 0.6 is 11.5 Å². The van der Waals surface area contributed by atoms with Crippen LogP contribution in [0.4, 0.5) is 0 Å². The van der Waals surface area contributed by atoms with Gasteiger partial charge in [0.15, 0.2) is 5.65 Å². The smallest absolute Gasteiger partial charge is 0.151 e. The number of benzene rings is 3. The third kappa shape index (κ3) is 3.17. The molecule has 3 nitrogen and oxygen atoms in total. The Morgan fingerprint density at radius 3 is 2.39 bits per heavy atom. The monoisotopic (exact) mass is 447 g/mol. The molecule has 0 aliphatic rings. The molecule has 0 bridgehead atoms. The van der Waals surface area contributed by atoms with Crippen LogP contribution in [0.15, 0.2) is 79.0 Å². The number of imidazole rings is 1. The molecule has 0 aliphatic carbocycles. The quantitative estimate of drug-likeness (QED) is 0.269. The zero-order chi connectivity index (χ0) is 22.7. The Balaban J connectivity index is 1.61. The number of hydrogen-bond donors (Lipinski definition) is 0. The average Bonchev–Trinajstić information content (AvgIpc) is 3.35. The van der Waals surface area contributed by atoms with Crippen molar-refractivity contribution in [1.82, 2.24) is 13.8 Å². The summed E-state index contributed by atoms with van der Waals surface area (Å²) in [5.41, 5.74) is 8.95. The van der Waals surface area contributed by atoms with E-state index in [9.17, 15) is 0 Å². The van der Waals surface area contributed by atoms with E-state index in [-0.39, 0.29) is 5.41 Å². The summed E-state index contributed by atoms with van der Waals surface area (Å²) in [6.45, 7) is 8.98. The van der Waals surface area contributed by atoms with E-state index in [0.29, 0.717) is 0 Å². The Morgan fingerprint density at radius 1 is 0.848 bits per heavy atom. The van der Waals surface area contributed by atoms with Crippen molar-refractivity contribution < 1.29 is 0 Å². The van der Waals surface area contributed by atoms with E-state index in [0.717, 1.165) is 27.9 Å². The van der Waals surface area contributed by atoms with Gasteiger partial charge in [-0.15, -0.1) is 0 Å². The summed E-state index contributed by atoms with van der Waals surface area (Å²) in [5, 5.41) is 2.54. The van der Waals surface area contributed by atoms with Crippen LogP contribution in [0.3, 0.4) is 0 Å². The van der Waals surface area contributed by atoms with Crippen molar-refractivity contribution in [1.29, 1.82) is 0 Å². The molecule has 0 aliphatic heterocycles. The summed E-state index contributed by atoms with van der Waals surface area (Å²) in [6, 6.07) is 25.8. The molecule has 0 saturated heterocycles. The number of nitrogens with zero attached hydrogens (tertiary/aromatic N) is 3. The Kier molecular flexibility index (Phi) is 4.43. The number of aromatic nitrogens is 3. The van der Waals surface area contributed by atoms with Gasteiger partial charge in [-0.3, -0.25) is 4.98 Å². The van der Waals surface area contributed by atoms with Crippen molar-refractivity contribution >= 4 is 39.0 Å². The summed E-state index contributed by atoms with van der Waals surface area (Å²) in [4.78, 5) is 11.2. The fraction of sp³-hybridized carbons (Fsp3) is 0.172. The molecule has 3 aromatic carbocycles. The number of rotatable bonds is 2. The van der Waals surface area contributed by atoms with Crippen molar-refractivity contribution in [3.8, 4) is 21.7 Å². The van der Waals surface area contributed by atoms with E-state index in [1.807, 2.05) is 6.20 Å². The SMILES string of the molecule is Cc1c(-c2ccccc2)sn2c1nc1c(-c3cc(C(C)(C)C)c4ccccc4c3)nccc12. The maximum Gasteiger partial charge on any atom is 0.151 e. The van der Waals surface area contributed by atoms with Crippen molar-refractivity contribution in [2.24, 2.45) is 0 Å². The highest BCUT2D eigenvalue weighted by Gasteiger charge is 2.21. The Labute approximate surface area is 197 Å². The van der Waals surface area contributed by atoms with Gasteiger partial charge in [-0.25, -0.2) is 8.77 Å². The normalized spacial score (nSPS) is 12.2. The van der Waals surface area contributed by atoms with E-state index >= 15 is 0 Å². The largest absolute Gasteiger partial charge is 0.254 e. The van der Waals surface area contributed by atoms with Crippen molar-refractivity contribution in [2.75, 3.05) is 0 Å². The zero-order valence-corrected chi connectivity index (χ0v) is 20.1. The number of fused-ring (bicyclic) bond motifs is 4. The summed E-state index contributed by atoms with van der Waals surface area (Å²) >= 11 is 1.75. The number of hydrogen-bond acceptors (Lipinski definition) is 3. The fourth-order valence-electron chi connectivity index (χ4n) is 4.71. The van der Waals surface area contributed by atoms with Gasteiger partial charge >= 0.3 is 0 Å². The van der Waals surface area contributed by atoms with Crippen LogP contribution < -0.4 is 0 Å². The molecule has 0 radical (unpaired) electrons. The molecular weight excluding hydrogens is 422 g/mol. The molecule has 162 valence electrons. The van der Waals surface area contributed by atoms with Gasteiger partial charge in [-0.05, 0) is 52.4 Å². The third-order valence-electron chi connectivity index (χ3n) is 6.37. The van der Waals surface area contributed by atoms with Crippen LogP contribution in [0.5, 0.6) is 0 Å². The predicted molar refractivity (Wildman–Crippen MR) is 140 cm³/mol. The molecule has 4 heteroatoms. The topological polar surface area (TPSA) is 30.2 Å². The van der Waals surface area contributed by atoms with Gasteiger partial charge in [0.05, 0.1) is 16.1 Å². The molecule has 0 amide bonds. The van der Waals surface area contributed by atoms with Crippen molar-refractivity contribution in [3.63, 3.8) is 0 Å². The first-order valence-corrected chi connectivity index (χ1v) is 12.1. The first-order chi connectivity index (χ1) is 15.9. The molecule has 0 fully saturated rings. The lowest BCUT2D eigenvalue weighted by Gasteiger charge is -2.22. The van der Waals surface area contributed by atoms with E-state index in [2.05, 4.69) is 104 Å². The average molecular weight is 448 g/mol. The van der Waals surface area contributed by atoms with E-state index in [1.165, 1.54) is 32.3 Å². The van der Waals surface area contributed by atoms with Crippen LogP contribution in [0.2, 0.25) is 0 Å². The maximum absolute atomic E-state index is 5.12. The lowest BCUT2D eigenvalue weighted by Crippen LogP contribution is -2.12. The molecule has 0 spiro atoms. The highest BCUT2D eigenvalue weighted by Crippen LogP contribution is 2.39.